The Morgan fingerprint density at radius 3 is 2.56 bits per heavy atom. The van der Waals surface area contributed by atoms with Crippen LogP contribution >= 0.6 is 0 Å². The van der Waals surface area contributed by atoms with Crippen molar-refractivity contribution in [2.75, 3.05) is 6.61 Å². The molecule has 0 fully saturated rings. The van der Waals surface area contributed by atoms with E-state index in [0.717, 1.165) is 5.56 Å². The van der Waals surface area contributed by atoms with E-state index in [2.05, 4.69) is 5.32 Å². The molecule has 0 bridgehead atoms. The normalized spacial score (nSPS) is 11.0. The zero-order valence-corrected chi connectivity index (χ0v) is 14.1. The highest BCUT2D eigenvalue weighted by molar-refractivity contribution is 5.87. The number of carboxylic acid groups (broad SMARTS) is 1. The number of amides is 1. The Morgan fingerprint density at radius 2 is 1.88 bits per heavy atom. The summed E-state index contributed by atoms with van der Waals surface area (Å²) in [5.74, 6) is -1.39. The molecule has 2 aromatic carbocycles. The van der Waals surface area contributed by atoms with Crippen molar-refractivity contribution in [3.05, 3.63) is 65.5 Å². The van der Waals surface area contributed by atoms with Gasteiger partial charge in [-0.25, -0.2) is 9.18 Å². The Labute approximate surface area is 145 Å². The summed E-state index contributed by atoms with van der Waals surface area (Å²) in [7, 11) is 0. The van der Waals surface area contributed by atoms with Crippen molar-refractivity contribution in [3.63, 3.8) is 0 Å². The molecule has 2 aromatic rings. The number of benzene rings is 2. The number of aliphatic carboxylic acids is 1. The van der Waals surface area contributed by atoms with Gasteiger partial charge in [0, 0.05) is 12.1 Å². The maximum absolute atomic E-state index is 14.0. The average molecular weight is 345 g/mol. The van der Waals surface area contributed by atoms with Crippen LogP contribution in [0.2, 0.25) is 0 Å². The Morgan fingerprint density at radius 1 is 1.16 bits per heavy atom. The van der Waals surface area contributed by atoms with Gasteiger partial charge in [0.15, 0.2) is 6.61 Å². The number of carbonyl (C=O) groups is 2. The first-order valence-electron chi connectivity index (χ1n) is 7.77. The lowest BCUT2D eigenvalue weighted by Crippen LogP contribution is -2.40. The third-order valence-corrected chi connectivity index (χ3v) is 3.83. The van der Waals surface area contributed by atoms with E-state index >= 15 is 0 Å². The molecule has 0 saturated carbocycles. The maximum Gasteiger partial charge on any atom is 0.341 e. The molecule has 6 heteroatoms. The van der Waals surface area contributed by atoms with E-state index in [1.54, 1.807) is 56.3 Å². The average Bonchev–Trinajstić information content (AvgIpc) is 2.58. The lowest BCUT2D eigenvalue weighted by molar-refractivity contribution is -0.139. The summed E-state index contributed by atoms with van der Waals surface area (Å²) < 4.78 is 19.1. The molecule has 0 aromatic heterocycles. The molecule has 0 heterocycles. The highest BCUT2D eigenvalue weighted by Crippen LogP contribution is 2.26. The minimum absolute atomic E-state index is 0.223. The van der Waals surface area contributed by atoms with Crippen molar-refractivity contribution in [1.29, 1.82) is 0 Å². The molecule has 0 aliphatic heterocycles. The van der Waals surface area contributed by atoms with Gasteiger partial charge in [-0.1, -0.05) is 30.3 Å². The number of rotatable bonds is 7. The predicted molar refractivity (Wildman–Crippen MR) is 90.8 cm³/mol. The Balaban J connectivity index is 2.03. The third kappa shape index (κ3) is 4.79. The van der Waals surface area contributed by atoms with E-state index in [9.17, 15) is 14.0 Å². The first kappa shape index (κ1) is 18.4. The first-order valence-corrected chi connectivity index (χ1v) is 7.77. The molecule has 0 saturated heterocycles. The predicted octanol–water partition coefficient (Wildman–Crippen LogP) is 2.88. The van der Waals surface area contributed by atoms with Gasteiger partial charge < -0.3 is 15.2 Å². The highest BCUT2D eigenvalue weighted by atomic mass is 19.1. The summed E-state index contributed by atoms with van der Waals surface area (Å²) >= 11 is 0. The standard InChI is InChI=1S/C19H20FNO4/c1-19(2,15-8-3-4-9-16(15)20)18(24)21-11-13-6-5-7-14(10-13)25-12-17(22)23/h3-10H,11-12H2,1-2H3,(H,21,24)(H,22,23). The first-order chi connectivity index (χ1) is 11.8. The number of halogens is 1. The zero-order valence-electron chi connectivity index (χ0n) is 14.1. The number of nitrogens with one attached hydrogen (secondary N) is 1. The van der Waals surface area contributed by atoms with E-state index in [1.807, 2.05) is 0 Å². The summed E-state index contributed by atoms with van der Waals surface area (Å²) in [6.45, 7) is 3.11. The van der Waals surface area contributed by atoms with Crippen LogP contribution in [0.3, 0.4) is 0 Å². The molecule has 25 heavy (non-hydrogen) atoms. The van der Waals surface area contributed by atoms with E-state index in [4.69, 9.17) is 9.84 Å². The molecule has 2 rings (SSSR count). The molecule has 132 valence electrons. The van der Waals surface area contributed by atoms with Gasteiger partial charge in [-0.3, -0.25) is 4.79 Å². The van der Waals surface area contributed by atoms with Gasteiger partial charge in [0.25, 0.3) is 0 Å². The highest BCUT2D eigenvalue weighted by Gasteiger charge is 2.31. The minimum Gasteiger partial charge on any atom is -0.482 e. The summed E-state index contributed by atoms with van der Waals surface area (Å²) in [5, 5.41) is 11.4. The lowest BCUT2D eigenvalue weighted by Gasteiger charge is -2.24. The SMILES string of the molecule is CC(C)(C(=O)NCc1cccc(OCC(=O)O)c1)c1ccccc1F. The van der Waals surface area contributed by atoms with Crippen molar-refractivity contribution < 1.29 is 23.8 Å². The van der Waals surface area contributed by atoms with Crippen molar-refractivity contribution in [2.24, 2.45) is 0 Å². The van der Waals surface area contributed by atoms with Gasteiger partial charge in [0.1, 0.15) is 11.6 Å². The molecule has 0 atom stereocenters. The van der Waals surface area contributed by atoms with E-state index in [1.165, 1.54) is 6.07 Å². The van der Waals surface area contributed by atoms with Crippen LogP contribution in [0.5, 0.6) is 5.75 Å². The lowest BCUT2D eigenvalue weighted by atomic mass is 9.83. The second-order valence-corrected chi connectivity index (χ2v) is 6.12. The molecule has 0 spiro atoms. The van der Waals surface area contributed by atoms with Crippen LogP contribution in [-0.2, 0) is 21.5 Å². The van der Waals surface area contributed by atoms with Crippen LogP contribution in [0.4, 0.5) is 4.39 Å². The van der Waals surface area contributed by atoms with Crippen LogP contribution < -0.4 is 10.1 Å². The molecule has 0 radical (unpaired) electrons. The molecular weight excluding hydrogens is 325 g/mol. The minimum atomic E-state index is -1.06. The fraction of sp³-hybridized carbons (Fsp3) is 0.263. The summed E-state index contributed by atoms with van der Waals surface area (Å²) in [4.78, 5) is 23.0. The van der Waals surface area contributed by atoms with Crippen LogP contribution in [-0.4, -0.2) is 23.6 Å². The quantitative estimate of drug-likeness (QED) is 0.809. The third-order valence-electron chi connectivity index (χ3n) is 3.83. The Kier molecular flexibility index (Phi) is 5.75. The maximum atomic E-state index is 14.0. The van der Waals surface area contributed by atoms with Crippen molar-refractivity contribution in [3.8, 4) is 5.75 Å². The van der Waals surface area contributed by atoms with E-state index < -0.39 is 23.8 Å². The second-order valence-electron chi connectivity index (χ2n) is 6.12. The fourth-order valence-electron chi connectivity index (χ4n) is 2.38. The van der Waals surface area contributed by atoms with Gasteiger partial charge in [-0.2, -0.15) is 0 Å². The van der Waals surface area contributed by atoms with E-state index in [0.29, 0.717) is 11.3 Å². The molecule has 0 aliphatic rings. The molecule has 2 N–H and O–H groups in total. The number of carboxylic acids is 1. The van der Waals surface area contributed by atoms with Gasteiger partial charge in [-0.15, -0.1) is 0 Å². The number of ether oxygens (including phenoxy) is 1. The van der Waals surface area contributed by atoms with Gasteiger partial charge in [-0.05, 0) is 37.6 Å². The van der Waals surface area contributed by atoms with Crippen LogP contribution in [0.25, 0.3) is 0 Å². The smallest absolute Gasteiger partial charge is 0.341 e. The van der Waals surface area contributed by atoms with Crippen molar-refractivity contribution >= 4 is 11.9 Å². The van der Waals surface area contributed by atoms with Crippen LogP contribution in [0, 0.1) is 5.82 Å². The zero-order chi connectivity index (χ0) is 18.4. The number of carbonyl (C=O) groups excluding carboxylic acids is 1. The Bertz CT molecular complexity index is 774. The molecular formula is C19H20FNO4. The van der Waals surface area contributed by atoms with Crippen LogP contribution in [0.1, 0.15) is 25.0 Å². The molecule has 1 amide bonds. The second kappa shape index (κ2) is 7.79. The van der Waals surface area contributed by atoms with Gasteiger partial charge >= 0.3 is 5.97 Å². The van der Waals surface area contributed by atoms with E-state index in [-0.39, 0.29) is 12.5 Å². The van der Waals surface area contributed by atoms with Crippen molar-refractivity contribution in [1.82, 2.24) is 5.32 Å². The van der Waals surface area contributed by atoms with Crippen LogP contribution in [0.15, 0.2) is 48.5 Å². The molecule has 0 unspecified atom stereocenters. The van der Waals surface area contributed by atoms with Crippen molar-refractivity contribution in [2.45, 2.75) is 25.8 Å². The summed E-state index contributed by atoms with van der Waals surface area (Å²) in [6.07, 6.45) is 0. The topological polar surface area (TPSA) is 75.6 Å². The van der Waals surface area contributed by atoms with Gasteiger partial charge in [0.05, 0.1) is 5.41 Å². The van der Waals surface area contributed by atoms with Gasteiger partial charge in [0.2, 0.25) is 5.91 Å². The number of hydrogen-bond donors (Lipinski definition) is 2. The molecule has 5 nitrogen and oxygen atoms in total. The molecule has 0 aliphatic carbocycles. The monoisotopic (exact) mass is 345 g/mol. The largest absolute Gasteiger partial charge is 0.482 e. The fourth-order valence-corrected chi connectivity index (χ4v) is 2.38. The summed E-state index contributed by atoms with van der Waals surface area (Å²) in [6, 6.07) is 13.0. The Hall–Kier alpha value is -2.89. The summed E-state index contributed by atoms with van der Waals surface area (Å²) in [5.41, 5.74) is 0.0505. The number of hydrogen-bond acceptors (Lipinski definition) is 3.